The maximum absolute atomic E-state index is 5.62. The Hall–Kier alpha value is -0.0800. The third kappa shape index (κ3) is 1.42. The van der Waals surface area contributed by atoms with Gasteiger partial charge in [0, 0.05) is 19.1 Å². The van der Waals surface area contributed by atoms with Gasteiger partial charge in [-0.3, -0.25) is 4.90 Å². The van der Waals surface area contributed by atoms with Crippen LogP contribution in [0.5, 0.6) is 0 Å². The number of fused-ring (bicyclic) bond motifs is 2. The van der Waals surface area contributed by atoms with Crippen LogP contribution in [0.15, 0.2) is 0 Å². The molecule has 0 aromatic carbocycles. The van der Waals surface area contributed by atoms with Crippen LogP contribution in [0.4, 0.5) is 0 Å². The Kier molecular flexibility index (Phi) is 1.90. The van der Waals surface area contributed by atoms with Crippen LogP contribution in [-0.2, 0) is 4.74 Å². The van der Waals surface area contributed by atoms with Crippen LogP contribution in [0, 0.1) is 5.92 Å². The number of hydrogen-bond donors (Lipinski definition) is 0. The van der Waals surface area contributed by atoms with Crippen LogP contribution in [-0.4, -0.2) is 36.7 Å². The Labute approximate surface area is 68.5 Å². The summed E-state index contributed by atoms with van der Waals surface area (Å²) in [7, 11) is 0. The van der Waals surface area contributed by atoms with Gasteiger partial charge < -0.3 is 4.74 Å². The summed E-state index contributed by atoms with van der Waals surface area (Å²) in [6.45, 7) is 7.96. The molecule has 2 rings (SSSR count). The summed E-state index contributed by atoms with van der Waals surface area (Å²) in [6, 6.07) is 0.696. The SMILES string of the molecule is CC(C)N1C[C@@H]2CO[C@@H](C2)C1. The Morgan fingerprint density at radius 3 is 2.82 bits per heavy atom. The average molecular weight is 155 g/mol. The van der Waals surface area contributed by atoms with E-state index in [1.807, 2.05) is 0 Å². The van der Waals surface area contributed by atoms with Gasteiger partial charge in [-0.2, -0.15) is 0 Å². The van der Waals surface area contributed by atoms with Crippen LogP contribution in [0.25, 0.3) is 0 Å². The smallest absolute Gasteiger partial charge is 0.0706 e. The van der Waals surface area contributed by atoms with Gasteiger partial charge in [-0.25, -0.2) is 0 Å². The summed E-state index contributed by atoms with van der Waals surface area (Å²) < 4.78 is 5.62. The fourth-order valence-corrected chi connectivity index (χ4v) is 2.12. The average Bonchev–Trinajstić information content (AvgIpc) is 2.30. The third-order valence-corrected chi connectivity index (χ3v) is 2.83. The molecule has 2 nitrogen and oxygen atoms in total. The van der Waals surface area contributed by atoms with E-state index >= 15 is 0 Å². The predicted molar refractivity (Wildman–Crippen MR) is 44.6 cm³/mol. The first-order valence-corrected chi connectivity index (χ1v) is 4.61. The molecule has 11 heavy (non-hydrogen) atoms. The van der Waals surface area contributed by atoms with Crippen molar-refractivity contribution in [1.82, 2.24) is 4.90 Å². The number of piperidine rings is 1. The Morgan fingerprint density at radius 1 is 1.36 bits per heavy atom. The van der Waals surface area contributed by atoms with Crippen LogP contribution in [0.3, 0.4) is 0 Å². The Morgan fingerprint density at radius 2 is 2.18 bits per heavy atom. The van der Waals surface area contributed by atoms with Crippen molar-refractivity contribution in [2.75, 3.05) is 19.7 Å². The topological polar surface area (TPSA) is 12.5 Å². The van der Waals surface area contributed by atoms with Gasteiger partial charge in [0.1, 0.15) is 0 Å². The highest BCUT2D eigenvalue weighted by Crippen LogP contribution is 2.27. The van der Waals surface area contributed by atoms with Gasteiger partial charge in [0.05, 0.1) is 12.7 Å². The van der Waals surface area contributed by atoms with Crippen molar-refractivity contribution in [2.45, 2.75) is 32.4 Å². The Bertz CT molecular complexity index is 134. The van der Waals surface area contributed by atoms with E-state index in [1.165, 1.54) is 13.0 Å². The molecular formula is C9H17NO. The zero-order valence-corrected chi connectivity index (χ0v) is 7.42. The lowest BCUT2D eigenvalue weighted by Crippen LogP contribution is -2.43. The molecule has 2 heterocycles. The number of likely N-dealkylation sites (tertiary alicyclic amines) is 1. The minimum atomic E-state index is 0.552. The van der Waals surface area contributed by atoms with E-state index in [1.54, 1.807) is 0 Å². The first kappa shape index (κ1) is 7.56. The lowest BCUT2D eigenvalue weighted by molar-refractivity contribution is 0.0728. The largest absolute Gasteiger partial charge is 0.377 e. The summed E-state index contributed by atoms with van der Waals surface area (Å²) in [6.07, 6.45) is 1.86. The molecule has 0 amide bonds. The molecule has 2 heteroatoms. The summed E-state index contributed by atoms with van der Waals surface area (Å²) in [5.74, 6) is 0.830. The van der Waals surface area contributed by atoms with E-state index in [4.69, 9.17) is 4.74 Å². The van der Waals surface area contributed by atoms with Crippen molar-refractivity contribution in [3.63, 3.8) is 0 Å². The van der Waals surface area contributed by atoms with Gasteiger partial charge in [0.25, 0.3) is 0 Å². The number of hydrogen-bond acceptors (Lipinski definition) is 2. The summed E-state index contributed by atoms with van der Waals surface area (Å²) in [5.41, 5.74) is 0. The van der Waals surface area contributed by atoms with E-state index < -0.39 is 0 Å². The molecule has 0 saturated carbocycles. The molecule has 2 bridgehead atoms. The fraction of sp³-hybridized carbons (Fsp3) is 1.00. The maximum Gasteiger partial charge on any atom is 0.0706 e. The molecule has 0 N–H and O–H groups in total. The molecule has 2 atom stereocenters. The standard InChI is InChI=1S/C9H17NO/c1-7(2)10-4-8-3-9(5-10)11-6-8/h7-9H,3-6H2,1-2H3/t8-,9+/m1/s1. The van der Waals surface area contributed by atoms with E-state index in [2.05, 4.69) is 18.7 Å². The second kappa shape index (κ2) is 2.76. The first-order valence-electron chi connectivity index (χ1n) is 4.61. The summed E-state index contributed by atoms with van der Waals surface area (Å²) >= 11 is 0. The molecule has 0 radical (unpaired) electrons. The second-order valence-corrected chi connectivity index (χ2v) is 4.10. The van der Waals surface area contributed by atoms with Gasteiger partial charge in [-0.15, -0.1) is 0 Å². The third-order valence-electron chi connectivity index (χ3n) is 2.83. The van der Waals surface area contributed by atoms with Gasteiger partial charge in [0.2, 0.25) is 0 Å². The van der Waals surface area contributed by atoms with Crippen LogP contribution in [0.1, 0.15) is 20.3 Å². The van der Waals surface area contributed by atoms with Crippen molar-refractivity contribution in [1.29, 1.82) is 0 Å². The van der Waals surface area contributed by atoms with Crippen LogP contribution in [0.2, 0.25) is 0 Å². The highest BCUT2D eigenvalue weighted by molar-refractivity contribution is 4.85. The molecule has 0 spiro atoms. The molecular weight excluding hydrogens is 138 g/mol. The van der Waals surface area contributed by atoms with Crippen LogP contribution < -0.4 is 0 Å². The molecule has 0 aromatic heterocycles. The van der Waals surface area contributed by atoms with Gasteiger partial charge in [0.15, 0.2) is 0 Å². The van der Waals surface area contributed by atoms with Gasteiger partial charge >= 0.3 is 0 Å². The minimum Gasteiger partial charge on any atom is -0.377 e. The molecule has 0 aromatic rings. The molecule has 0 aliphatic carbocycles. The Balaban J connectivity index is 1.97. The molecule has 2 fully saturated rings. The highest BCUT2D eigenvalue weighted by atomic mass is 16.5. The second-order valence-electron chi connectivity index (χ2n) is 4.10. The monoisotopic (exact) mass is 155 g/mol. The molecule has 2 aliphatic heterocycles. The summed E-state index contributed by atoms with van der Waals surface area (Å²) in [5, 5.41) is 0. The fourth-order valence-electron chi connectivity index (χ4n) is 2.12. The summed E-state index contributed by atoms with van der Waals surface area (Å²) in [4.78, 5) is 2.53. The maximum atomic E-state index is 5.62. The zero-order valence-electron chi connectivity index (χ0n) is 7.42. The van der Waals surface area contributed by atoms with Gasteiger partial charge in [-0.1, -0.05) is 0 Å². The lowest BCUT2D eigenvalue weighted by Gasteiger charge is -2.33. The molecule has 0 unspecified atom stereocenters. The minimum absolute atomic E-state index is 0.552. The molecule has 64 valence electrons. The highest BCUT2D eigenvalue weighted by Gasteiger charge is 2.34. The zero-order chi connectivity index (χ0) is 7.84. The predicted octanol–water partition coefficient (Wildman–Crippen LogP) is 1.12. The lowest BCUT2D eigenvalue weighted by atomic mass is 9.99. The van der Waals surface area contributed by atoms with E-state index in [-0.39, 0.29) is 0 Å². The number of nitrogens with zero attached hydrogens (tertiary/aromatic N) is 1. The van der Waals surface area contributed by atoms with Crippen molar-refractivity contribution in [2.24, 2.45) is 5.92 Å². The first-order chi connectivity index (χ1) is 5.25. The van der Waals surface area contributed by atoms with E-state index in [0.29, 0.717) is 12.1 Å². The number of rotatable bonds is 1. The van der Waals surface area contributed by atoms with Crippen molar-refractivity contribution < 1.29 is 4.74 Å². The van der Waals surface area contributed by atoms with E-state index in [0.717, 1.165) is 19.1 Å². The van der Waals surface area contributed by atoms with Crippen molar-refractivity contribution in [3.05, 3.63) is 0 Å². The number of ether oxygens (including phenoxy) is 1. The van der Waals surface area contributed by atoms with Crippen molar-refractivity contribution in [3.8, 4) is 0 Å². The molecule has 2 saturated heterocycles. The van der Waals surface area contributed by atoms with Gasteiger partial charge in [-0.05, 0) is 26.2 Å². The van der Waals surface area contributed by atoms with Crippen LogP contribution >= 0.6 is 0 Å². The van der Waals surface area contributed by atoms with Crippen molar-refractivity contribution >= 4 is 0 Å². The normalized spacial score (nSPS) is 38.5. The van der Waals surface area contributed by atoms with E-state index in [9.17, 15) is 0 Å². The molecule has 2 aliphatic rings. The quantitative estimate of drug-likeness (QED) is 0.562.